The lowest BCUT2D eigenvalue weighted by atomic mass is 10.7. The van der Waals surface area contributed by atoms with Crippen molar-refractivity contribution in [1.29, 1.82) is 0 Å². The Balaban J connectivity index is -0.0000000910. The summed E-state index contributed by atoms with van der Waals surface area (Å²) >= 11 is 0. The predicted molar refractivity (Wildman–Crippen MR) is 47.3 cm³/mol. The van der Waals surface area contributed by atoms with Crippen LogP contribution in [0.2, 0.25) is 0 Å². The maximum Gasteiger partial charge on any atom is 0.0555 e. The second-order valence-corrected chi connectivity index (χ2v) is 1.53. The Hall–Kier alpha value is -0.120. The molecule has 0 saturated heterocycles. The zero-order valence-corrected chi connectivity index (χ0v) is 6.57. The molecule has 0 saturated carbocycles. The van der Waals surface area contributed by atoms with E-state index < -0.39 is 0 Å². The molecule has 0 bridgehead atoms. The summed E-state index contributed by atoms with van der Waals surface area (Å²) in [6.07, 6.45) is 0. The molecule has 0 rings (SSSR count). The Morgan fingerprint density at radius 3 is 1.60 bits per heavy atom. The minimum atomic E-state index is 0. The maximum absolute atomic E-state index is 8.00. The van der Waals surface area contributed by atoms with Crippen molar-refractivity contribution in [2.45, 2.75) is 14.4 Å². The van der Waals surface area contributed by atoms with Gasteiger partial charge in [-0.05, 0) is 20.6 Å². The molecule has 0 spiro atoms. The van der Waals surface area contributed by atoms with E-state index >= 15 is 0 Å². The molecule has 3 N–H and O–H groups in total. The van der Waals surface area contributed by atoms with Crippen LogP contribution in [-0.4, -0.2) is 38.9 Å². The van der Waals surface area contributed by atoms with E-state index in [1.165, 1.54) is 0 Å². The van der Waals surface area contributed by atoms with E-state index in [4.69, 9.17) is 5.11 Å². The second-order valence-electron chi connectivity index (χ2n) is 1.53. The highest BCUT2D eigenvalue weighted by atomic mass is 16.3. The standard InChI is InChI=1S/C3H9NO.C3H9N.CH4/c1-4-2-3-5;1-3-4-2;/h4-5H,2-3H2,1H3;4H,3H2,1-2H3;1H4. The Labute approximate surface area is 64.8 Å². The fourth-order valence-corrected chi connectivity index (χ4v) is 0.112. The van der Waals surface area contributed by atoms with E-state index in [0.29, 0.717) is 6.54 Å². The quantitative estimate of drug-likeness (QED) is 0.533. The van der Waals surface area contributed by atoms with Gasteiger partial charge in [0.15, 0.2) is 0 Å². The minimum absolute atomic E-state index is 0. The first-order chi connectivity index (χ1) is 4.33. The van der Waals surface area contributed by atoms with E-state index in [0.717, 1.165) is 6.54 Å². The van der Waals surface area contributed by atoms with Gasteiger partial charge in [0.2, 0.25) is 0 Å². The van der Waals surface area contributed by atoms with E-state index in [2.05, 4.69) is 17.6 Å². The van der Waals surface area contributed by atoms with Gasteiger partial charge in [0.25, 0.3) is 0 Å². The molecule has 0 amide bonds. The van der Waals surface area contributed by atoms with Crippen LogP contribution in [-0.2, 0) is 0 Å². The summed E-state index contributed by atoms with van der Waals surface area (Å²) in [6.45, 7) is 4.07. The van der Waals surface area contributed by atoms with Crippen LogP contribution in [0.15, 0.2) is 0 Å². The third kappa shape index (κ3) is 45.0. The lowest BCUT2D eigenvalue weighted by Gasteiger charge is -1.84. The lowest BCUT2D eigenvalue weighted by molar-refractivity contribution is 0.296. The number of aliphatic hydroxyl groups is 1. The van der Waals surface area contributed by atoms with Gasteiger partial charge in [0.05, 0.1) is 6.61 Å². The predicted octanol–water partition coefficient (Wildman–Crippen LogP) is 0.0599. The molecule has 66 valence electrons. The van der Waals surface area contributed by atoms with Crippen LogP contribution in [0.4, 0.5) is 0 Å². The fourth-order valence-electron chi connectivity index (χ4n) is 0.112. The molecule has 0 heterocycles. The number of nitrogens with one attached hydrogen (secondary N) is 2. The van der Waals surface area contributed by atoms with Crippen molar-refractivity contribution in [3.05, 3.63) is 0 Å². The molecular weight excluding hydrogens is 128 g/mol. The SMILES string of the molecule is C.CCNC.CNCCO. The summed E-state index contributed by atoms with van der Waals surface area (Å²) in [5.41, 5.74) is 0. The summed E-state index contributed by atoms with van der Waals surface area (Å²) in [7, 11) is 3.73. The van der Waals surface area contributed by atoms with Gasteiger partial charge in [0.1, 0.15) is 0 Å². The van der Waals surface area contributed by atoms with Gasteiger partial charge in [-0.25, -0.2) is 0 Å². The zero-order chi connectivity index (χ0) is 7.54. The summed E-state index contributed by atoms with van der Waals surface area (Å²) in [5, 5.41) is 13.7. The van der Waals surface area contributed by atoms with Gasteiger partial charge in [-0.1, -0.05) is 14.4 Å². The Kier molecular flexibility index (Phi) is 38.1. The molecular formula is C7H22N2O. The molecule has 10 heavy (non-hydrogen) atoms. The molecule has 0 aromatic rings. The van der Waals surface area contributed by atoms with Crippen molar-refractivity contribution in [1.82, 2.24) is 10.6 Å². The van der Waals surface area contributed by atoms with Crippen LogP contribution in [0, 0.1) is 0 Å². The van der Waals surface area contributed by atoms with Crippen molar-refractivity contribution < 1.29 is 5.11 Å². The van der Waals surface area contributed by atoms with Crippen molar-refractivity contribution in [3.63, 3.8) is 0 Å². The summed E-state index contributed by atoms with van der Waals surface area (Å²) < 4.78 is 0. The first kappa shape index (κ1) is 16.5. The number of rotatable bonds is 3. The molecule has 0 aliphatic carbocycles. The molecule has 0 atom stereocenters. The van der Waals surface area contributed by atoms with Crippen LogP contribution < -0.4 is 10.6 Å². The van der Waals surface area contributed by atoms with Crippen LogP contribution in [0.25, 0.3) is 0 Å². The van der Waals surface area contributed by atoms with Gasteiger partial charge in [-0.15, -0.1) is 0 Å². The molecule has 0 fully saturated rings. The molecule has 0 aliphatic heterocycles. The van der Waals surface area contributed by atoms with E-state index in [9.17, 15) is 0 Å². The highest BCUT2D eigenvalue weighted by Crippen LogP contribution is 1.42. The Bertz CT molecular complexity index is 30.8. The molecule has 0 aromatic carbocycles. The average Bonchev–Trinajstić information content (AvgIpc) is 1.91. The molecule has 0 unspecified atom stereocenters. The third-order valence-electron chi connectivity index (χ3n) is 0.715. The summed E-state index contributed by atoms with van der Waals surface area (Å²) in [6, 6.07) is 0. The van der Waals surface area contributed by atoms with Gasteiger partial charge in [0, 0.05) is 6.54 Å². The van der Waals surface area contributed by atoms with Gasteiger partial charge >= 0.3 is 0 Å². The Morgan fingerprint density at radius 1 is 1.20 bits per heavy atom. The number of hydrogen-bond donors (Lipinski definition) is 3. The van der Waals surface area contributed by atoms with Crippen molar-refractivity contribution in [2.75, 3.05) is 33.8 Å². The highest BCUT2D eigenvalue weighted by Gasteiger charge is 1.65. The first-order valence-corrected chi connectivity index (χ1v) is 3.23. The first-order valence-electron chi connectivity index (χ1n) is 3.23. The Morgan fingerprint density at radius 2 is 1.60 bits per heavy atom. The van der Waals surface area contributed by atoms with Crippen molar-refractivity contribution in [2.24, 2.45) is 0 Å². The lowest BCUT2D eigenvalue weighted by Crippen LogP contribution is -2.10. The topological polar surface area (TPSA) is 44.3 Å². The second kappa shape index (κ2) is 23.2. The number of aliphatic hydroxyl groups excluding tert-OH is 1. The number of hydrogen-bond acceptors (Lipinski definition) is 3. The van der Waals surface area contributed by atoms with Crippen LogP contribution >= 0.6 is 0 Å². The fraction of sp³-hybridized carbons (Fsp3) is 1.00. The smallest absolute Gasteiger partial charge is 0.0555 e. The van der Waals surface area contributed by atoms with Gasteiger partial charge in [-0.3, -0.25) is 0 Å². The van der Waals surface area contributed by atoms with E-state index in [1.54, 1.807) is 7.05 Å². The van der Waals surface area contributed by atoms with E-state index in [-0.39, 0.29) is 14.0 Å². The summed E-state index contributed by atoms with van der Waals surface area (Å²) in [5.74, 6) is 0. The molecule has 0 aromatic heterocycles. The van der Waals surface area contributed by atoms with Crippen molar-refractivity contribution in [3.8, 4) is 0 Å². The maximum atomic E-state index is 8.00. The minimum Gasteiger partial charge on any atom is -0.395 e. The average molecular weight is 150 g/mol. The molecule has 3 nitrogen and oxygen atoms in total. The molecule has 0 aliphatic rings. The van der Waals surface area contributed by atoms with Gasteiger partial charge in [-0.2, -0.15) is 0 Å². The van der Waals surface area contributed by atoms with Gasteiger partial charge < -0.3 is 15.7 Å². The highest BCUT2D eigenvalue weighted by molar-refractivity contribution is 4.27. The largest absolute Gasteiger partial charge is 0.395 e. The zero-order valence-electron chi connectivity index (χ0n) is 6.57. The molecule has 0 radical (unpaired) electrons. The monoisotopic (exact) mass is 150 g/mol. The molecule has 3 heteroatoms. The van der Waals surface area contributed by atoms with Crippen LogP contribution in [0.1, 0.15) is 14.4 Å². The van der Waals surface area contributed by atoms with Crippen molar-refractivity contribution >= 4 is 0 Å². The van der Waals surface area contributed by atoms with Crippen LogP contribution in [0.5, 0.6) is 0 Å². The van der Waals surface area contributed by atoms with E-state index in [1.807, 2.05) is 7.05 Å². The third-order valence-corrected chi connectivity index (χ3v) is 0.715. The van der Waals surface area contributed by atoms with Crippen LogP contribution in [0.3, 0.4) is 0 Å². The summed E-state index contributed by atoms with van der Waals surface area (Å²) in [4.78, 5) is 0. The number of likely N-dealkylation sites (N-methyl/N-ethyl adjacent to an activating group) is 1. The normalized spacial score (nSPS) is 7.20.